The molecule has 0 fully saturated rings. The first-order chi connectivity index (χ1) is 14.7. The Morgan fingerprint density at radius 1 is 1.03 bits per heavy atom. The molecule has 0 aliphatic rings. The van der Waals surface area contributed by atoms with Crippen molar-refractivity contribution < 1.29 is 22.7 Å². The fourth-order valence-corrected chi connectivity index (χ4v) is 2.75. The predicted octanol–water partition coefficient (Wildman–Crippen LogP) is 3.44. The zero-order valence-corrected chi connectivity index (χ0v) is 20.8. The van der Waals surface area contributed by atoms with Crippen molar-refractivity contribution in [1.82, 2.24) is 15.1 Å². The summed E-state index contributed by atoms with van der Waals surface area (Å²) in [5, 5.41) is 3.16. The summed E-state index contributed by atoms with van der Waals surface area (Å²) in [6, 6.07) is 9.50. The number of hydrogen-bond donors (Lipinski definition) is 1. The molecule has 2 aromatic rings. The zero-order valence-electron chi connectivity index (χ0n) is 18.5. The Morgan fingerprint density at radius 3 is 2.16 bits per heavy atom. The highest BCUT2D eigenvalue weighted by Gasteiger charge is 2.14. The van der Waals surface area contributed by atoms with E-state index in [-0.39, 0.29) is 48.5 Å². The number of nitrogens with one attached hydrogen (secondary N) is 1. The molecule has 0 aliphatic heterocycles. The van der Waals surface area contributed by atoms with Crippen molar-refractivity contribution in [3.8, 4) is 5.75 Å². The summed E-state index contributed by atoms with van der Waals surface area (Å²) in [7, 11) is 6.52. The molecule has 32 heavy (non-hydrogen) atoms. The van der Waals surface area contributed by atoms with E-state index < -0.39 is 17.5 Å². The van der Waals surface area contributed by atoms with Gasteiger partial charge in [0.25, 0.3) is 0 Å². The van der Waals surface area contributed by atoms with E-state index >= 15 is 0 Å². The average molecular weight is 564 g/mol. The van der Waals surface area contributed by atoms with E-state index in [2.05, 4.69) is 10.3 Å². The van der Waals surface area contributed by atoms with Crippen molar-refractivity contribution in [2.45, 2.75) is 13.0 Å². The minimum absolute atomic E-state index is 0. The van der Waals surface area contributed by atoms with E-state index in [1.54, 1.807) is 33.2 Å². The third kappa shape index (κ3) is 8.21. The lowest BCUT2D eigenvalue weighted by atomic mass is 10.1. The molecule has 0 atom stereocenters. The second-order valence-corrected chi connectivity index (χ2v) is 7.18. The van der Waals surface area contributed by atoms with Gasteiger partial charge in [-0.15, -0.1) is 24.0 Å². The smallest absolute Gasteiger partial charge is 0.243 e. The molecular formula is C22H28F3IN4O2. The molecule has 0 radical (unpaired) electrons. The van der Waals surface area contributed by atoms with Gasteiger partial charge in [0, 0.05) is 34.2 Å². The van der Waals surface area contributed by atoms with Crippen LogP contribution >= 0.6 is 24.0 Å². The summed E-state index contributed by atoms with van der Waals surface area (Å²) in [5.41, 5.74) is 1.31. The fourth-order valence-electron chi connectivity index (χ4n) is 2.75. The van der Waals surface area contributed by atoms with Crippen molar-refractivity contribution in [1.29, 1.82) is 0 Å². The van der Waals surface area contributed by atoms with Crippen LogP contribution < -0.4 is 10.1 Å². The number of halogens is 4. The maximum Gasteiger partial charge on any atom is 0.243 e. The van der Waals surface area contributed by atoms with Crippen LogP contribution in [-0.2, 0) is 17.8 Å². The molecule has 2 aromatic carbocycles. The largest absolute Gasteiger partial charge is 0.497 e. The highest BCUT2D eigenvalue weighted by molar-refractivity contribution is 14.0. The van der Waals surface area contributed by atoms with Crippen LogP contribution in [0.3, 0.4) is 0 Å². The first-order valence-electron chi connectivity index (χ1n) is 9.67. The monoisotopic (exact) mass is 564 g/mol. The van der Waals surface area contributed by atoms with Gasteiger partial charge in [-0.1, -0.05) is 12.1 Å². The number of methoxy groups -OCH3 is 1. The Kier molecular flexibility index (Phi) is 11.3. The van der Waals surface area contributed by atoms with Gasteiger partial charge in [0.2, 0.25) is 5.91 Å². The Morgan fingerprint density at radius 2 is 1.62 bits per heavy atom. The zero-order chi connectivity index (χ0) is 23.0. The molecule has 0 heterocycles. The van der Waals surface area contributed by atoms with E-state index in [4.69, 9.17) is 4.74 Å². The standard InChI is InChI=1S/C22H27F3N4O2.HI/c1-28(2)20(30)13-27-22(26-10-9-15-5-7-17(31-4)8-6-15)29(3)14-16-11-18(23)21(25)19(24)12-16;/h5-8,11-12H,9-10,13-14H2,1-4H3,(H,26,27);1H. The van der Waals surface area contributed by atoms with Crippen LogP contribution in [0.2, 0.25) is 0 Å². The van der Waals surface area contributed by atoms with Gasteiger partial charge in [0.1, 0.15) is 12.3 Å². The Bertz CT molecular complexity index is 901. The lowest BCUT2D eigenvalue weighted by Gasteiger charge is -2.23. The van der Waals surface area contributed by atoms with E-state index in [1.165, 1.54) is 4.90 Å². The second-order valence-electron chi connectivity index (χ2n) is 7.18. The lowest BCUT2D eigenvalue weighted by Crippen LogP contribution is -2.40. The van der Waals surface area contributed by atoms with Crippen molar-refractivity contribution in [2.75, 3.05) is 41.3 Å². The van der Waals surface area contributed by atoms with Gasteiger partial charge in [-0.2, -0.15) is 0 Å². The third-order valence-electron chi connectivity index (χ3n) is 4.54. The normalized spacial score (nSPS) is 10.9. The maximum atomic E-state index is 13.5. The van der Waals surface area contributed by atoms with Crippen LogP contribution in [0.15, 0.2) is 41.4 Å². The molecule has 0 unspecified atom stereocenters. The van der Waals surface area contributed by atoms with Crippen LogP contribution in [0.25, 0.3) is 0 Å². The number of amides is 1. The summed E-state index contributed by atoms with van der Waals surface area (Å²) in [6.45, 7) is 0.491. The predicted molar refractivity (Wildman–Crippen MR) is 129 cm³/mol. The molecule has 0 aromatic heterocycles. The van der Waals surface area contributed by atoms with E-state index in [0.29, 0.717) is 18.9 Å². The molecule has 6 nitrogen and oxygen atoms in total. The molecule has 0 saturated carbocycles. The molecule has 176 valence electrons. The highest BCUT2D eigenvalue weighted by Crippen LogP contribution is 2.15. The van der Waals surface area contributed by atoms with Crippen LogP contribution in [0, 0.1) is 17.5 Å². The summed E-state index contributed by atoms with van der Waals surface area (Å²) in [6.07, 6.45) is 0.679. The van der Waals surface area contributed by atoms with E-state index in [1.807, 2.05) is 24.3 Å². The number of carbonyl (C=O) groups excluding carboxylic acids is 1. The van der Waals surface area contributed by atoms with Crippen LogP contribution in [0.4, 0.5) is 13.2 Å². The summed E-state index contributed by atoms with van der Waals surface area (Å²) < 4.78 is 45.4. The molecule has 2 rings (SSSR count). The summed E-state index contributed by atoms with van der Waals surface area (Å²) in [4.78, 5) is 19.3. The SMILES string of the molecule is COc1ccc(CCNC(=NCC(=O)N(C)C)N(C)Cc2cc(F)c(F)c(F)c2)cc1.I. The third-order valence-corrected chi connectivity index (χ3v) is 4.54. The van der Waals surface area contributed by atoms with Crippen molar-refractivity contribution in [2.24, 2.45) is 4.99 Å². The van der Waals surface area contributed by atoms with Gasteiger partial charge in [-0.3, -0.25) is 4.79 Å². The molecular weight excluding hydrogens is 536 g/mol. The molecule has 10 heteroatoms. The minimum atomic E-state index is -1.51. The first-order valence-corrected chi connectivity index (χ1v) is 9.67. The van der Waals surface area contributed by atoms with Gasteiger partial charge in [0.05, 0.1) is 7.11 Å². The average Bonchev–Trinajstić information content (AvgIpc) is 2.74. The number of rotatable bonds is 8. The molecule has 0 bridgehead atoms. The Hall–Kier alpha value is -2.50. The number of aliphatic imine (C=N–C) groups is 1. The topological polar surface area (TPSA) is 57.2 Å². The first kappa shape index (κ1) is 27.5. The Balaban J connectivity index is 0.00000512. The van der Waals surface area contributed by atoms with Crippen LogP contribution in [0.1, 0.15) is 11.1 Å². The number of benzene rings is 2. The molecule has 0 spiro atoms. The van der Waals surface area contributed by atoms with Gasteiger partial charge in [-0.25, -0.2) is 18.2 Å². The quantitative estimate of drug-likeness (QED) is 0.231. The molecule has 1 N–H and O–H groups in total. The van der Waals surface area contributed by atoms with Crippen molar-refractivity contribution in [3.63, 3.8) is 0 Å². The van der Waals surface area contributed by atoms with Gasteiger partial charge < -0.3 is 19.9 Å². The molecule has 0 saturated heterocycles. The summed E-state index contributed by atoms with van der Waals surface area (Å²) in [5.74, 6) is -3.06. The van der Waals surface area contributed by atoms with Gasteiger partial charge in [0.15, 0.2) is 23.4 Å². The molecule has 0 aliphatic carbocycles. The number of guanidine groups is 1. The van der Waals surface area contributed by atoms with Gasteiger partial charge >= 0.3 is 0 Å². The number of hydrogen-bond acceptors (Lipinski definition) is 3. The van der Waals surface area contributed by atoms with E-state index in [9.17, 15) is 18.0 Å². The van der Waals surface area contributed by atoms with E-state index in [0.717, 1.165) is 23.4 Å². The van der Waals surface area contributed by atoms with Crippen LogP contribution in [0.5, 0.6) is 5.75 Å². The Labute approximate surface area is 203 Å². The number of nitrogens with zero attached hydrogens (tertiary/aromatic N) is 3. The number of likely N-dealkylation sites (N-methyl/N-ethyl adjacent to an activating group) is 1. The second kappa shape index (κ2) is 13.1. The molecule has 1 amide bonds. The van der Waals surface area contributed by atoms with Crippen LogP contribution in [-0.4, -0.2) is 63.0 Å². The van der Waals surface area contributed by atoms with Crippen molar-refractivity contribution in [3.05, 3.63) is 65.0 Å². The summed E-state index contributed by atoms with van der Waals surface area (Å²) >= 11 is 0. The van der Waals surface area contributed by atoms with Gasteiger partial charge in [-0.05, 0) is 41.8 Å². The fraction of sp³-hybridized carbons (Fsp3) is 0.364. The maximum absolute atomic E-state index is 13.5. The minimum Gasteiger partial charge on any atom is -0.497 e. The lowest BCUT2D eigenvalue weighted by molar-refractivity contribution is -0.127. The highest BCUT2D eigenvalue weighted by atomic mass is 127. The number of ether oxygens (including phenoxy) is 1. The number of carbonyl (C=O) groups is 1. The van der Waals surface area contributed by atoms with Crippen molar-refractivity contribution >= 4 is 35.8 Å².